The van der Waals surface area contributed by atoms with E-state index in [0.29, 0.717) is 10.9 Å². The summed E-state index contributed by atoms with van der Waals surface area (Å²) in [5.74, 6) is 0.689. The summed E-state index contributed by atoms with van der Waals surface area (Å²) in [6.07, 6.45) is 2.14. The minimum absolute atomic E-state index is 0.0192. The third-order valence-corrected chi connectivity index (χ3v) is 3.93. The second-order valence-electron chi connectivity index (χ2n) is 5.18. The molecule has 0 spiro atoms. The van der Waals surface area contributed by atoms with Gasteiger partial charge < -0.3 is 15.5 Å². The average Bonchev–Trinajstić information content (AvgIpc) is 2.48. The SMILES string of the molecule is CCNCC1CCN(C(=O)Nc2ccc(Cl)cc2)CC1. The average molecular weight is 296 g/mol. The number of anilines is 1. The molecule has 0 aliphatic carbocycles. The molecule has 0 atom stereocenters. The van der Waals surface area contributed by atoms with Gasteiger partial charge in [-0.3, -0.25) is 0 Å². The number of benzene rings is 1. The van der Waals surface area contributed by atoms with Crippen LogP contribution in [0.3, 0.4) is 0 Å². The fourth-order valence-electron chi connectivity index (χ4n) is 2.42. The molecule has 0 saturated carbocycles. The minimum Gasteiger partial charge on any atom is -0.325 e. The van der Waals surface area contributed by atoms with E-state index >= 15 is 0 Å². The third kappa shape index (κ3) is 4.39. The maximum Gasteiger partial charge on any atom is 0.321 e. The van der Waals surface area contributed by atoms with Gasteiger partial charge in [0, 0.05) is 23.8 Å². The molecule has 2 rings (SSSR count). The smallest absolute Gasteiger partial charge is 0.321 e. The molecule has 2 amide bonds. The highest BCUT2D eigenvalue weighted by atomic mass is 35.5. The fraction of sp³-hybridized carbons (Fsp3) is 0.533. The van der Waals surface area contributed by atoms with Crippen molar-refractivity contribution in [3.05, 3.63) is 29.3 Å². The summed E-state index contributed by atoms with van der Waals surface area (Å²) in [7, 11) is 0. The molecular weight excluding hydrogens is 274 g/mol. The molecule has 2 N–H and O–H groups in total. The van der Waals surface area contributed by atoms with Gasteiger partial charge in [0.2, 0.25) is 0 Å². The van der Waals surface area contributed by atoms with Crippen LogP contribution in [0.5, 0.6) is 0 Å². The first-order valence-electron chi connectivity index (χ1n) is 7.21. The first kappa shape index (κ1) is 15.1. The molecule has 110 valence electrons. The molecule has 20 heavy (non-hydrogen) atoms. The molecule has 4 nitrogen and oxygen atoms in total. The van der Waals surface area contributed by atoms with Crippen LogP contribution in [0.4, 0.5) is 10.5 Å². The van der Waals surface area contributed by atoms with Gasteiger partial charge in [0.15, 0.2) is 0 Å². The molecule has 1 heterocycles. The highest BCUT2D eigenvalue weighted by Crippen LogP contribution is 2.18. The predicted molar refractivity (Wildman–Crippen MR) is 83.3 cm³/mol. The van der Waals surface area contributed by atoms with Crippen LogP contribution in [-0.4, -0.2) is 37.1 Å². The van der Waals surface area contributed by atoms with E-state index in [2.05, 4.69) is 17.6 Å². The van der Waals surface area contributed by atoms with Gasteiger partial charge in [-0.05, 0) is 56.1 Å². The number of carbonyl (C=O) groups is 1. The van der Waals surface area contributed by atoms with Gasteiger partial charge in [-0.25, -0.2) is 4.79 Å². The van der Waals surface area contributed by atoms with Gasteiger partial charge in [-0.15, -0.1) is 0 Å². The van der Waals surface area contributed by atoms with Crippen LogP contribution < -0.4 is 10.6 Å². The molecule has 0 radical (unpaired) electrons. The molecule has 0 bridgehead atoms. The summed E-state index contributed by atoms with van der Waals surface area (Å²) in [6, 6.07) is 7.17. The number of likely N-dealkylation sites (tertiary alicyclic amines) is 1. The number of nitrogens with one attached hydrogen (secondary N) is 2. The van der Waals surface area contributed by atoms with E-state index in [0.717, 1.165) is 44.7 Å². The number of hydrogen-bond donors (Lipinski definition) is 2. The highest BCUT2D eigenvalue weighted by molar-refractivity contribution is 6.30. The Balaban J connectivity index is 1.78. The molecule has 1 aliphatic heterocycles. The van der Waals surface area contributed by atoms with Crippen molar-refractivity contribution in [2.45, 2.75) is 19.8 Å². The van der Waals surface area contributed by atoms with Crippen LogP contribution in [0.1, 0.15) is 19.8 Å². The standard InChI is InChI=1S/C15H22ClN3O/c1-2-17-11-12-7-9-19(10-8-12)15(20)18-14-5-3-13(16)4-6-14/h3-6,12,17H,2,7-11H2,1H3,(H,18,20). The molecule has 1 fully saturated rings. The zero-order valence-corrected chi connectivity index (χ0v) is 12.6. The van der Waals surface area contributed by atoms with E-state index in [1.807, 2.05) is 17.0 Å². The van der Waals surface area contributed by atoms with Gasteiger partial charge >= 0.3 is 6.03 Å². The van der Waals surface area contributed by atoms with E-state index in [-0.39, 0.29) is 6.03 Å². The topological polar surface area (TPSA) is 44.4 Å². The lowest BCUT2D eigenvalue weighted by Crippen LogP contribution is -2.42. The lowest BCUT2D eigenvalue weighted by atomic mass is 9.97. The van der Waals surface area contributed by atoms with Crippen LogP contribution in [0, 0.1) is 5.92 Å². The van der Waals surface area contributed by atoms with Crippen LogP contribution in [0.2, 0.25) is 5.02 Å². The Labute approximate surface area is 125 Å². The van der Waals surface area contributed by atoms with Gasteiger partial charge in [0.25, 0.3) is 0 Å². The third-order valence-electron chi connectivity index (χ3n) is 3.68. The first-order valence-corrected chi connectivity index (χ1v) is 7.59. The van der Waals surface area contributed by atoms with Crippen molar-refractivity contribution in [2.75, 3.05) is 31.5 Å². The zero-order chi connectivity index (χ0) is 14.4. The Morgan fingerprint density at radius 2 is 1.95 bits per heavy atom. The number of piperidine rings is 1. The molecule has 1 saturated heterocycles. The maximum atomic E-state index is 12.1. The van der Waals surface area contributed by atoms with E-state index in [1.54, 1.807) is 12.1 Å². The minimum atomic E-state index is -0.0192. The number of nitrogens with zero attached hydrogens (tertiary/aromatic N) is 1. The Morgan fingerprint density at radius 3 is 2.55 bits per heavy atom. The summed E-state index contributed by atoms with van der Waals surface area (Å²) in [5, 5.41) is 6.96. The van der Waals surface area contributed by atoms with E-state index < -0.39 is 0 Å². The van der Waals surface area contributed by atoms with Gasteiger partial charge in [-0.1, -0.05) is 18.5 Å². The summed E-state index contributed by atoms with van der Waals surface area (Å²) >= 11 is 5.83. The number of urea groups is 1. The Kier molecular flexibility index (Phi) is 5.68. The number of halogens is 1. The molecular formula is C15H22ClN3O. The van der Waals surface area contributed by atoms with Gasteiger partial charge in [0.05, 0.1) is 0 Å². The van der Waals surface area contributed by atoms with Crippen LogP contribution in [0.15, 0.2) is 24.3 Å². The van der Waals surface area contributed by atoms with Crippen molar-refractivity contribution >= 4 is 23.3 Å². The maximum absolute atomic E-state index is 12.1. The lowest BCUT2D eigenvalue weighted by Gasteiger charge is -2.32. The summed E-state index contributed by atoms with van der Waals surface area (Å²) in [5.41, 5.74) is 0.786. The summed E-state index contributed by atoms with van der Waals surface area (Å²) in [6.45, 7) is 5.85. The van der Waals surface area contributed by atoms with Crippen molar-refractivity contribution in [1.29, 1.82) is 0 Å². The second-order valence-corrected chi connectivity index (χ2v) is 5.61. The van der Waals surface area contributed by atoms with Gasteiger partial charge in [0.1, 0.15) is 0 Å². The first-order chi connectivity index (χ1) is 9.69. The van der Waals surface area contributed by atoms with Crippen LogP contribution >= 0.6 is 11.6 Å². The lowest BCUT2D eigenvalue weighted by molar-refractivity contribution is 0.182. The zero-order valence-electron chi connectivity index (χ0n) is 11.9. The second kappa shape index (κ2) is 7.50. The monoisotopic (exact) mass is 295 g/mol. The normalized spacial score (nSPS) is 16.2. The van der Waals surface area contributed by atoms with E-state index in [4.69, 9.17) is 11.6 Å². The number of hydrogen-bond acceptors (Lipinski definition) is 2. The number of amides is 2. The molecule has 1 aromatic carbocycles. The summed E-state index contributed by atoms with van der Waals surface area (Å²) in [4.78, 5) is 14.0. The molecule has 0 unspecified atom stereocenters. The van der Waals surface area contributed by atoms with Crippen molar-refractivity contribution < 1.29 is 4.79 Å². The number of carbonyl (C=O) groups excluding carboxylic acids is 1. The van der Waals surface area contributed by atoms with Gasteiger partial charge in [-0.2, -0.15) is 0 Å². The molecule has 1 aliphatic rings. The van der Waals surface area contributed by atoms with Crippen LogP contribution in [0.25, 0.3) is 0 Å². The molecule has 5 heteroatoms. The fourth-order valence-corrected chi connectivity index (χ4v) is 2.55. The van der Waals surface area contributed by atoms with Crippen LogP contribution in [-0.2, 0) is 0 Å². The highest BCUT2D eigenvalue weighted by Gasteiger charge is 2.22. The molecule has 0 aromatic heterocycles. The quantitative estimate of drug-likeness (QED) is 0.896. The number of rotatable bonds is 4. The van der Waals surface area contributed by atoms with Crippen molar-refractivity contribution in [2.24, 2.45) is 5.92 Å². The molecule has 1 aromatic rings. The Hall–Kier alpha value is -1.26. The largest absolute Gasteiger partial charge is 0.325 e. The van der Waals surface area contributed by atoms with Crippen molar-refractivity contribution in [3.8, 4) is 0 Å². The predicted octanol–water partition coefficient (Wildman–Crippen LogP) is 3.19. The Morgan fingerprint density at radius 1 is 1.30 bits per heavy atom. The van der Waals surface area contributed by atoms with E-state index in [1.165, 1.54) is 0 Å². The summed E-state index contributed by atoms with van der Waals surface area (Å²) < 4.78 is 0. The Bertz CT molecular complexity index is 427. The van der Waals surface area contributed by atoms with Crippen molar-refractivity contribution in [3.63, 3.8) is 0 Å². The van der Waals surface area contributed by atoms with Crippen molar-refractivity contribution in [1.82, 2.24) is 10.2 Å². The van der Waals surface area contributed by atoms with E-state index in [9.17, 15) is 4.79 Å².